The number of aryl methyl sites for hydroxylation is 1. The number of pyridine rings is 1. The van der Waals surface area contributed by atoms with Crippen LogP contribution in [0.25, 0.3) is 10.9 Å². The highest BCUT2D eigenvalue weighted by Crippen LogP contribution is 2.42. The molecule has 1 aliphatic heterocycles. The second kappa shape index (κ2) is 5.17. The molecular weight excluding hydrogens is 312 g/mol. The fourth-order valence-electron chi connectivity index (χ4n) is 3.54. The topological polar surface area (TPSA) is 50.3 Å². The lowest BCUT2D eigenvalue weighted by molar-refractivity contribution is -0.122. The van der Waals surface area contributed by atoms with Crippen molar-refractivity contribution in [3.63, 3.8) is 0 Å². The zero-order chi connectivity index (χ0) is 16.1. The van der Waals surface area contributed by atoms with E-state index in [2.05, 4.69) is 4.98 Å². The average molecular weight is 327 g/mol. The minimum absolute atomic E-state index is 0.142. The monoisotopic (exact) mass is 326 g/mol. The van der Waals surface area contributed by atoms with Crippen molar-refractivity contribution in [2.24, 2.45) is 11.8 Å². The van der Waals surface area contributed by atoms with Crippen molar-refractivity contribution >= 4 is 40.0 Å². The zero-order valence-corrected chi connectivity index (χ0v) is 13.4. The number of imide groups is 1. The summed E-state index contributed by atoms with van der Waals surface area (Å²) in [6.45, 7) is 1.99. The molecule has 4 rings (SSSR count). The van der Waals surface area contributed by atoms with E-state index in [4.69, 9.17) is 11.6 Å². The van der Waals surface area contributed by atoms with Crippen molar-refractivity contribution in [2.45, 2.75) is 19.8 Å². The lowest BCUT2D eigenvalue weighted by Crippen LogP contribution is -2.31. The molecule has 0 spiro atoms. The van der Waals surface area contributed by atoms with E-state index in [1.54, 1.807) is 12.3 Å². The number of halogens is 1. The molecule has 0 saturated carbocycles. The van der Waals surface area contributed by atoms with E-state index in [-0.39, 0.29) is 23.7 Å². The second-order valence-electron chi connectivity index (χ2n) is 6.12. The molecule has 1 aliphatic carbocycles. The molecule has 0 N–H and O–H groups in total. The predicted molar refractivity (Wildman–Crippen MR) is 89.1 cm³/mol. The first-order chi connectivity index (χ1) is 11.1. The van der Waals surface area contributed by atoms with Gasteiger partial charge in [-0.15, -0.1) is 0 Å². The van der Waals surface area contributed by atoms with Crippen LogP contribution in [0.3, 0.4) is 0 Å². The van der Waals surface area contributed by atoms with Gasteiger partial charge in [0.25, 0.3) is 0 Å². The van der Waals surface area contributed by atoms with Gasteiger partial charge < -0.3 is 0 Å². The summed E-state index contributed by atoms with van der Waals surface area (Å²) in [6.07, 6.45) is 4.53. The van der Waals surface area contributed by atoms with E-state index in [1.165, 1.54) is 4.90 Å². The molecule has 1 saturated heterocycles. The Morgan fingerprint density at radius 1 is 1.17 bits per heavy atom. The van der Waals surface area contributed by atoms with Crippen molar-refractivity contribution in [2.75, 3.05) is 4.90 Å². The average Bonchev–Trinajstić information content (AvgIpc) is 2.78. The smallest absolute Gasteiger partial charge is 0.238 e. The number of hydrogen-bond donors (Lipinski definition) is 0. The van der Waals surface area contributed by atoms with Crippen molar-refractivity contribution in [1.82, 2.24) is 4.98 Å². The largest absolute Gasteiger partial charge is 0.274 e. The molecule has 23 heavy (non-hydrogen) atoms. The number of anilines is 1. The molecule has 2 atom stereocenters. The number of hydrogen-bond acceptors (Lipinski definition) is 3. The van der Waals surface area contributed by atoms with Crippen molar-refractivity contribution < 1.29 is 9.59 Å². The number of para-hydroxylation sites is 1. The number of aromatic nitrogens is 1. The fourth-order valence-corrected chi connectivity index (χ4v) is 3.80. The summed E-state index contributed by atoms with van der Waals surface area (Å²) < 4.78 is 0. The highest BCUT2D eigenvalue weighted by Gasteiger charge is 2.49. The first-order valence-electron chi connectivity index (χ1n) is 7.64. The van der Waals surface area contributed by atoms with E-state index < -0.39 is 0 Å². The lowest BCUT2D eigenvalue weighted by atomic mass is 9.85. The Morgan fingerprint density at radius 2 is 1.96 bits per heavy atom. The Balaban J connectivity index is 1.85. The van der Waals surface area contributed by atoms with Gasteiger partial charge in [-0.25, -0.2) is 4.90 Å². The number of rotatable bonds is 1. The van der Waals surface area contributed by atoms with Crippen LogP contribution in [0.1, 0.15) is 18.4 Å². The molecule has 5 heteroatoms. The van der Waals surface area contributed by atoms with E-state index in [9.17, 15) is 9.59 Å². The summed E-state index contributed by atoms with van der Waals surface area (Å²) in [7, 11) is 0. The number of amides is 2. The number of nitrogens with zero attached hydrogens (tertiary/aromatic N) is 2. The van der Waals surface area contributed by atoms with Gasteiger partial charge in [-0.05, 0) is 37.5 Å². The molecule has 2 aromatic rings. The molecule has 1 aromatic heterocycles. The van der Waals surface area contributed by atoms with Crippen LogP contribution in [-0.2, 0) is 9.59 Å². The number of carbonyl (C=O) groups excluding carboxylic acids is 2. The molecule has 0 radical (unpaired) electrons. The van der Waals surface area contributed by atoms with Crippen molar-refractivity contribution in [3.05, 3.63) is 47.1 Å². The maximum absolute atomic E-state index is 12.8. The fraction of sp³-hybridized carbons (Fsp3) is 0.278. The molecule has 0 unspecified atom stereocenters. The van der Waals surface area contributed by atoms with E-state index in [0.29, 0.717) is 29.1 Å². The molecule has 1 fully saturated rings. The first kappa shape index (κ1) is 14.4. The second-order valence-corrected chi connectivity index (χ2v) is 6.60. The van der Waals surface area contributed by atoms with Gasteiger partial charge in [0.2, 0.25) is 11.8 Å². The molecule has 2 amide bonds. The van der Waals surface area contributed by atoms with Gasteiger partial charge in [0.1, 0.15) is 0 Å². The maximum atomic E-state index is 12.8. The first-order valence-corrected chi connectivity index (χ1v) is 8.02. The number of fused-ring (bicyclic) bond motifs is 2. The Morgan fingerprint density at radius 3 is 2.78 bits per heavy atom. The molecule has 4 nitrogen and oxygen atoms in total. The van der Waals surface area contributed by atoms with Crippen LogP contribution in [0.4, 0.5) is 5.69 Å². The van der Waals surface area contributed by atoms with E-state index in [1.807, 2.05) is 31.2 Å². The normalized spacial score (nSPS) is 24.1. The summed E-state index contributed by atoms with van der Waals surface area (Å²) in [5.74, 6) is -0.955. The minimum atomic E-state index is -0.347. The zero-order valence-electron chi connectivity index (χ0n) is 12.6. The molecule has 0 bridgehead atoms. The number of carbonyl (C=O) groups is 2. The van der Waals surface area contributed by atoms with E-state index >= 15 is 0 Å². The molecule has 1 aromatic carbocycles. The summed E-state index contributed by atoms with van der Waals surface area (Å²) in [4.78, 5) is 31.3. The SMILES string of the molecule is Cc1ccnc2c(N3C(=O)[C@H]4CC=C(Cl)C[C@@H]4C3=O)cccc12. The highest BCUT2D eigenvalue weighted by molar-refractivity contribution is 6.31. The quantitative estimate of drug-likeness (QED) is 0.753. The van der Waals surface area contributed by atoms with Crippen LogP contribution in [0.2, 0.25) is 0 Å². The van der Waals surface area contributed by atoms with Gasteiger partial charge in [0.05, 0.1) is 23.0 Å². The molecule has 2 aliphatic rings. The van der Waals surface area contributed by atoms with Gasteiger partial charge in [0, 0.05) is 16.6 Å². The number of benzene rings is 1. The molecular formula is C18H15ClN2O2. The molecule has 2 heterocycles. The van der Waals surface area contributed by atoms with Crippen LogP contribution in [-0.4, -0.2) is 16.8 Å². The van der Waals surface area contributed by atoms with Gasteiger partial charge in [-0.2, -0.15) is 0 Å². The van der Waals surface area contributed by atoms with Gasteiger partial charge in [-0.3, -0.25) is 14.6 Å². The van der Waals surface area contributed by atoms with Crippen LogP contribution in [0.15, 0.2) is 41.6 Å². The lowest BCUT2D eigenvalue weighted by Gasteiger charge is -2.17. The standard InChI is InChI=1S/C18H15ClN2O2/c1-10-7-8-20-16-12(10)3-2-4-15(16)21-17(22)13-6-5-11(19)9-14(13)18(21)23/h2-5,7-8,13-14H,6,9H2,1H3/t13-,14-/m0/s1. The van der Waals surface area contributed by atoms with Gasteiger partial charge in [0.15, 0.2) is 0 Å². The van der Waals surface area contributed by atoms with Crippen LogP contribution >= 0.6 is 11.6 Å². The Kier molecular flexibility index (Phi) is 3.23. The Labute approximate surface area is 138 Å². The Hall–Kier alpha value is -2.20. The van der Waals surface area contributed by atoms with Gasteiger partial charge >= 0.3 is 0 Å². The summed E-state index contributed by atoms with van der Waals surface area (Å²) in [5.41, 5.74) is 2.33. The maximum Gasteiger partial charge on any atom is 0.238 e. The molecule has 116 valence electrons. The summed E-state index contributed by atoms with van der Waals surface area (Å²) in [6, 6.07) is 7.53. The summed E-state index contributed by atoms with van der Waals surface area (Å²) in [5, 5.41) is 1.62. The van der Waals surface area contributed by atoms with E-state index in [0.717, 1.165) is 10.9 Å². The van der Waals surface area contributed by atoms with Crippen LogP contribution in [0.5, 0.6) is 0 Å². The summed E-state index contributed by atoms with van der Waals surface area (Å²) >= 11 is 6.07. The van der Waals surface area contributed by atoms with Crippen molar-refractivity contribution in [3.8, 4) is 0 Å². The third kappa shape index (κ3) is 2.09. The number of allylic oxidation sites excluding steroid dienone is 2. The highest BCUT2D eigenvalue weighted by atomic mass is 35.5. The van der Waals surface area contributed by atoms with Crippen LogP contribution < -0.4 is 4.90 Å². The van der Waals surface area contributed by atoms with Crippen LogP contribution in [0, 0.1) is 18.8 Å². The minimum Gasteiger partial charge on any atom is -0.274 e. The predicted octanol–water partition coefficient (Wildman–Crippen LogP) is 3.57. The third-order valence-electron chi connectivity index (χ3n) is 4.78. The third-order valence-corrected chi connectivity index (χ3v) is 5.09. The van der Waals surface area contributed by atoms with Crippen molar-refractivity contribution in [1.29, 1.82) is 0 Å². The van der Waals surface area contributed by atoms with Gasteiger partial charge in [-0.1, -0.05) is 29.8 Å². The Bertz CT molecular complexity index is 874.